The fourth-order valence-corrected chi connectivity index (χ4v) is 5.05. The molecule has 2 unspecified atom stereocenters. The van der Waals surface area contributed by atoms with Crippen molar-refractivity contribution in [3.63, 3.8) is 0 Å². The number of piperidine rings is 1. The number of hydrogen-bond acceptors (Lipinski definition) is 3. The third-order valence-corrected chi connectivity index (χ3v) is 6.06. The van der Waals surface area contributed by atoms with E-state index in [0.29, 0.717) is 12.0 Å². The summed E-state index contributed by atoms with van der Waals surface area (Å²) in [5.41, 5.74) is 2.99. The quantitative estimate of drug-likeness (QED) is 0.786. The first-order chi connectivity index (χ1) is 8.86. The number of halogens is 1. The van der Waals surface area contributed by atoms with Crippen LogP contribution in [0.4, 0.5) is 5.69 Å². The maximum absolute atomic E-state index is 6.41. The highest BCUT2D eigenvalue weighted by Gasteiger charge is 2.41. The zero-order valence-corrected chi connectivity index (χ0v) is 11.9. The van der Waals surface area contributed by atoms with Gasteiger partial charge < -0.3 is 10.2 Å². The van der Waals surface area contributed by atoms with Crippen molar-refractivity contribution in [1.29, 1.82) is 0 Å². The lowest BCUT2D eigenvalue weighted by molar-refractivity contribution is 0.403. The Kier molecular flexibility index (Phi) is 2.75. The third kappa shape index (κ3) is 1.54. The Morgan fingerprint density at radius 2 is 2.33 bits per heavy atom. The van der Waals surface area contributed by atoms with Crippen molar-refractivity contribution in [3.8, 4) is 0 Å². The van der Waals surface area contributed by atoms with Gasteiger partial charge in [-0.15, -0.1) is 11.8 Å². The van der Waals surface area contributed by atoms with Crippen molar-refractivity contribution in [1.82, 2.24) is 5.32 Å². The monoisotopic (exact) mass is 280 g/mol. The minimum absolute atomic E-state index is 0.670. The van der Waals surface area contributed by atoms with Gasteiger partial charge in [0.25, 0.3) is 0 Å². The molecule has 3 heterocycles. The first-order valence-electron chi connectivity index (χ1n) is 6.79. The Morgan fingerprint density at radius 1 is 1.39 bits per heavy atom. The van der Waals surface area contributed by atoms with E-state index in [1.54, 1.807) is 0 Å². The molecule has 0 saturated carbocycles. The predicted octanol–water partition coefficient (Wildman–Crippen LogP) is 3.10. The van der Waals surface area contributed by atoms with E-state index in [0.717, 1.165) is 18.1 Å². The number of rotatable bonds is 0. The van der Waals surface area contributed by atoms with Crippen molar-refractivity contribution >= 4 is 29.1 Å². The first-order valence-corrected chi connectivity index (χ1v) is 8.15. The molecule has 3 aliphatic heterocycles. The van der Waals surface area contributed by atoms with Crippen molar-refractivity contribution in [3.05, 3.63) is 22.7 Å². The number of hydrogen-bond donors (Lipinski definition) is 1. The molecular formula is C14H17ClN2S. The molecule has 1 aromatic rings. The summed E-state index contributed by atoms with van der Waals surface area (Å²) >= 11 is 8.36. The summed E-state index contributed by atoms with van der Waals surface area (Å²) in [6, 6.07) is 5.07. The molecule has 1 N–H and O–H groups in total. The van der Waals surface area contributed by atoms with Crippen LogP contribution >= 0.6 is 23.4 Å². The number of anilines is 1. The molecule has 1 saturated heterocycles. The van der Waals surface area contributed by atoms with E-state index in [2.05, 4.69) is 22.3 Å². The lowest BCUT2D eigenvalue weighted by Gasteiger charge is -2.33. The van der Waals surface area contributed by atoms with Gasteiger partial charge >= 0.3 is 0 Å². The highest BCUT2D eigenvalue weighted by atomic mass is 35.5. The van der Waals surface area contributed by atoms with E-state index in [4.69, 9.17) is 11.6 Å². The smallest absolute Gasteiger partial charge is 0.0563 e. The number of benzene rings is 1. The molecule has 1 aromatic carbocycles. The largest absolute Gasteiger partial charge is 0.367 e. The fraction of sp³-hybridized carbons (Fsp3) is 0.571. The minimum atomic E-state index is 0.670. The van der Waals surface area contributed by atoms with E-state index in [1.165, 1.54) is 41.3 Å². The average molecular weight is 281 g/mol. The zero-order chi connectivity index (χ0) is 12.1. The zero-order valence-electron chi connectivity index (χ0n) is 10.3. The molecule has 0 aliphatic carbocycles. The van der Waals surface area contributed by atoms with Crippen LogP contribution in [0.2, 0.25) is 5.02 Å². The second kappa shape index (κ2) is 4.32. The van der Waals surface area contributed by atoms with Crippen LogP contribution < -0.4 is 10.2 Å². The number of nitrogens with zero attached hydrogens (tertiary/aromatic N) is 1. The van der Waals surface area contributed by atoms with E-state index in [-0.39, 0.29) is 0 Å². The van der Waals surface area contributed by atoms with Gasteiger partial charge in [-0.05, 0) is 36.8 Å². The molecule has 96 valence electrons. The van der Waals surface area contributed by atoms with Crippen molar-refractivity contribution < 1.29 is 0 Å². The highest BCUT2D eigenvalue weighted by molar-refractivity contribution is 7.99. The molecule has 3 aliphatic rings. The molecule has 1 fully saturated rings. The second-order valence-electron chi connectivity index (χ2n) is 5.38. The van der Waals surface area contributed by atoms with E-state index < -0.39 is 0 Å². The van der Waals surface area contributed by atoms with E-state index in [9.17, 15) is 0 Å². The summed E-state index contributed by atoms with van der Waals surface area (Å²) in [5.74, 6) is 1.87. The van der Waals surface area contributed by atoms with Gasteiger partial charge in [-0.1, -0.05) is 17.7 Å². The molecule has 18 heavy (non-hydrogen) atoms. The number of fused-ring (bicyclic) bond motifs is 3. The van der Waals surface area contributed by atoms with Crippen molar-refractivity contribution in [2.24, 2.45) is 0 Å². The maximum Gasteiger partial charge on any atom is 0.0563 e. The summed E-state index contributed by atoms with van der Waals surface area (Å²) in [5, 5.41) is 4.49. The molecule has 4 rings (SSSR count). The van der Waals surface area contributed by atoms with Gasteiger partial charge in [0.05, 0.1) is 10.7 Å². The summed E-state index contributed by atoms with van der Waals surface area (Å²) in [7, 11) is 0. The average Bonchev–Trinajstić information content (AvgIpc) is 2.57. The van der Waals surface area contributed by atoms with Crippen LogP contribution in [0, 0.1) is 0 Å². The molecule has 0 aromatic heterocycles. The van der Waals surface area contributed by atoms with Gasteiger partial charge in [0.1, 0.15) is 0 Å². The SMILES string of the molecule is Clc1ccc2c3c1SCCCN3C1CCNCC21. The first kappa shape index (κ1) is 11.4. The lowest BCUT2D eigenvalue weighted by Crippen LogP contribution is -2.44. The van der Waals surface area contributed by atoms with Gasteiger partial charge in [-0.3, -0.25) is 0 Å². The van der Waals surface area contributed by atoms with Gasteiger partial charge in [-0.2, -0.15) is 0 Å². The standard InChI is InChI=1S/C14H17ClN2S/c15-11-3-2-9-10-8-16-5-4-12(10)17-6-1-7-18-14(11)13(9)17/h2-3,10,12,16H,1,4-8H2. The summed E-state index contributed by atoms with van der Waals surface area (Å²) in [4.78, 5) is 3.99. The Balaban J connectivity index is 1.90. The molecule has 0 radical (unpaired) electrons. The van der Waals surface area contributed by atoms with Gasteiger partial charge in [0.15, 0.2) is 0 Å². The molecule has 4 heteroatoms. The van der Waals surface area contributed by atoms with E-state index >= 15 is 0 Å². The van der Waals surface area contributed by atoms with Gasteiger partial charge in [0.2, 0.25) is 0 Å². The second-order valence-corrected chi connectivity index (χ2v) is 6.89. The van der Waals surface area contributed by atoms with Crippen LogP contribution in [0.5, 0.6) is 0 Å². The molecule has 2 nitrogen and oxygen atoms in total. The maximum atomic E-state index is 6.41. The van der Waals surface area contributed by atoms with Gasteiger partial charge in [0, 0.05) is 29.9 Å². The van der Waals surface area contributed by atoms with Crippen molar-refractivity contribution in [2.75, 3.05) is 30.3 Å². The van der Waals surface area contributed by atoms with Crippen molar-refractivity contribution in [2.45, 2.75) is 29.7 Å². The predicted molar refractivity (Wildman–Crippen MR) is 78.2 cm³/mol. The molecule has 0 spiro atoms. The number of thioether (sulfide) groups is 1. The Hall–Kier alpha value is -0.380. The highest BCUT2D eigenvalue weighted by Crippen LogP contribution is 2.51. The summed E-state index contributed by atoms with van der Waals surface area (Å²) in [6.45, 7) is 3.48. The Bertz CT molecular complexity index is 491. The topological polar surface area (TPSA) is 15.3 Å². The molecule has 2 atom stereocenters. The van der Waals surface area contributed by atoms with Crippen LogP contribution in [-0.4, -0.2) is 31.4 Å². The van der Waals surface area contributed by atoms with Crippen LogP contribution in [0.3, 0.4) is 0 Å². The Morgan fingerprint density at radius 3 is 3.28 bits per heavy atom. The number of nitrogens with one attached hydrogen (secondary N) is 1. The third-order valence-electron chi connectivity index (χ3n) is 4.44. The van der Waals surface area contributed by atoms with E-state index in [1.807, 2.05) is 11.8 Å². The van der Waals surface area contributed by atoms with Crippen LogP contribution in [-0.2, 0) is 0 Å². The molecule has 0 bridgehead atoms. The van der Waals surface area contributed by atoms with Gasteiger partial charge in [-0.25, -0.2) is 0 Å². The van der Waals surface area contributed by atoms with Crippen LogP contribution in [0.15, 0.2) is 17.0 Å². The summed E-state index contributed by atoms with van der Waals surface area (Å²) < 4.78 is 0. The lowest BCUT2D eigenvalue weighted by atomic mass is 9.90. The summed E-state index contributed by atoms with van der Waals surface area (Å²) in [6.07, 6.45) is 2.53. The molecule has 0 amide bonds. The fourth-order valence-electron chi connectivity index (χ4n) is 3.68. The minimum Gasteiger partial charge on any atom is -0.367 e. The Labute approximate surface area is 117 Å². The van der Waals surface area contributed by atoms with Crippen LogP contribution in [0.25, 0.3) is 0 Å². The normalized spacial score (nSPS) is 29.7. The van der Waals surface area contributed by atoms with Crippen LogP contribution in [0.1, 0.15) is 24.3 Å². The molecular weight excluding hydrogens is 264 g/mol.